The van der Waals surface area contributed by atoms with E-state index in [0.29, 0.717) is 12.2 Å². The molecule has 0 aliphatic rings. The molecule has 0 aliphatic heterocycles. The zero-order chi connectivity index (χ0) is 18.6. The molecule has 2 rings (SSSR count). The molecule has 0 heterocycles. The van der Waals surface area contributed by atoms with Gasteiger partial charge in [-0.15, -0.1) is 0 Å². The Labute approximate surface area is 149 Å². The van der Waals surface area contributed by atoms with E-state index in [9.17, 15) is 19.7 Å². The molecule has 25 heavy (non-hydrogen) atoms. The van der Waals surface area contributed by atoms with Crippen LogP contribution in [0, 0.1) is 17.0 Å². The number of likely N-dealkylation sites (N-methyl/N-ethyl adjacent to an activating group) is 1. The predicted octanol–water partition coefficient (Wildman–Crippen LogP) is 3.55. The highest BCUT2D eigenvalue weighted by Gasteiger charge is 2.23. The monoisotopic (exact) mass is 361 g/mol. The Bertz CT molecular complexity index is 838. The van der Waals surface area contributed by atoms with Crippen LogP contribution in [0.15, 0.2) is 42.5 Å². The van der Waals surface area contributed by atoms with Crippen LogP contribution in [0.2, 0.25) is 5.02 Å². The maximum atomic E-state index is 12.4. The normalized spacial score (nSPS) is 10.2. The second-order valence-electron chi connectivity index (χ2n) is 5.27. The van der Waals surface area contributed by atoms with Crippen LogP contribution in [-0.2, 0) is 9.59 Å². The van der Waals surface area contributed by atoms with Crippen molar-refractivity contribution in [2.75, 3.05) is 16.8 Å². The number of hydrogen-bond acceptors (Lipinski definition) is 4. The lowest BCUT2D eigenvalue weighted by Crippen LogP contribution is -2.39. The van der Waals surface area contributed by atoms with Gasteiger partial charge in [0.25, 0.3) is 5.69 Å². The Kier molecular flexibility index (Phi) is 5.71. The number of hydrogen-bond donors (Lipinski definition) is 1. The molecule has 0 atom stereocenters. The third kappa shape index (κ3) is 4.33. The molecule has 2 amide bonds. The number of carbonyl (C=O) groups excluding carboxylic acids is 2. The number of anilines is 2. The third-order valence-corrected chi connectivity index (χ3v) is 3.79. The molecule has 2 aromatic carbocycles. The maximum absolute atomic E-state index is 12.4. The Morgan fingerprint density at radius 1 is 1.24 bits per heavy atom. The third-order valence-electron chi connectivity index (χ3n) is 3.47. The zero-order valence-electron chi connectivity index (χ0n) is 13.7. The molecular weight excluding hydrogens is 346 g/mol. The second-order valence-corrected chi connectivity index (χ2v) is 5.67. The minimum Gasteiger partial charge on any atom is -0.318 e. The molecule has 0 aliphatic carbocycles. The molecule has 0 saturated heterocycles. The lowest BCUT2D eigenvalue weighted by molar-refractivity contribution is -0.384. The highest BCUT2D eigenvalue weighted by atomic mass is 35.5. The summed E-state index contributed by atoms with van der Waals surface area (Å²) in [5.74, 6) is -1.65. The van der Waals surface area contributed by atoms with Gasteiger partial charge in [0.1, 0.15) is 5.02 Å². The summed E-state index contributed by atoms with van der Waals surface area (Å²) in [6.45, 7) is 3.94. The standard InChI is InChI=1S/C17H16ClN3O4/c1-3-20(13-6-4-5-11(2)9-13)17(23)16(22)19-12-7-8-14(18)15(10-12)21(24)25/h4-10H,3H2,1-2H3,(H,19,22). The molecule has 0 saturated carbocycles. The van der Waals surface area contributed by atoms with Crippen molar-refractivity contribution >= 4 is 40.5 Å². The number of nitro benzene ring substituents is 1. The van der Waals surface area contributed by atoms with Crippen molar-refractivity contribution in [3.8, 4) is 0 Å². The summed E-state index contributed by atoms with van der Waals surface area (Å²) in [7, 11) is 0. The van der Waals surface area contributed by atoms with E-state index in [2.05, 4.69) is 5.32 Å². The van der Waals surface area contributed by atoms with Crippen molar-refractivity contribution in [2.45, 2.75) is 13.8 Å². The average Bonchev–Trinajstić information content (AvgIpc) is 2.57. The highest BCUT2D eigenvalue weighted by molar-refractivity contribution is 6.44. The van der Waals surface area contributed by atoms with Gasteiger partial charge in [-0.05, 0) is 43.7 Å². The van der Waals surface area contributed by atoms with Crippen LogP contribution in [0.1, 0.15) is 12.5 Å². The Balaban J connectivity index is 2.20. The number of carbonyl (C=O) groups is 2. The van der Waals surface area contributed by atoms with Gasteiger partial charge in [0.2, 0.25) is 0 Å². The first-order valence-corrected chi connectivity index (χ1v) is 7.84. The molecule has 0 aromatic heterocycles. The van der Waals surface area contributed by atoms with Crippen molar-refractivity contribution in [1.29, 1.82) is 0 Å². The largest absolute Gasteiger partial charge is 0.318 e. The number of rotatable bonds is 4. The lowest BCUT2D eigenvalue weighted by Gasteiger charge is -2.20. The van der Waals surface area contributed by atoms with Crippen LogP contribution in [0.4, 0.5) is 17.1 Å². The SMILES string of the molecule is CCN(C(=O)C(=O)Nc1ccc(Cl)c([N+](=O)[O-])c1)c1cccc(C)c1. The summed E-state index contributed by atoms with van der Waals surface area (Å²) in [6, 6.07) is 11.0. The van der Waals surface area contributed by atoms with Gasteiger partial charge in [-0.3, -0.25) is 19.7 Å². The molecule has 7 nitrogen and oxygen atoms in total. The van der Waals surface area contributed by atoms with Gasteiger partial charge in [-0.1, -0.05) is 23.7 Å². The fourth-order valence-corrected chi connectivity index (χ4v) is 2.46. The number of amides is 2. The number of benzene rings is 2. The van der Waals surface area contributed by atoms with Crippen LogP contribution in [0.3, 0.4) is 0 Å². The molecule has 0 unspecified atom stereocenters. The van der Waals surface area contributed by atoms with Crippen LogP contribution < -0.4 is 10.2 Å². The fraction of sp³-hybridized carbons (Fsp3) is 0.176. The summed E-state index contributed by atoms with van der Waals surface area (Å²) in [4.78, 5) is 36.2. The van der Waals surface area contributed by atoms with Crippen molar-refractivity contribution < 1.29 is 14.5 Å². The molecule has 2 aromatic rings. The van der Waals surface area contributed by atoms with Crippen molar-refractivity contribution in [3.05, 3.63) is 63.2 Å². The maximum Gasteiger partial charge on any atom is 0.316 e. The Hall–Kier alpha value is -2.93. The van der Waals surface area contributed by atoms with Crippen LogP contribution >= 0.6 is 11.6 Å². The Morgan fingerprint density at radius 3 is 2.56 bits per heavy atom. The lowest BCUT2D eigenvalue weighted by atomic mass is 10.2. The molecule has 8 heteroatoms. The van der Waals surface area contributed by atoms with Crippen LogP contribution in [-0.4, -0.2) is 23.3 Å². The van der Waals surface area contributed by atoms with Gasteiger partial charge >= 0.3 is 11.8 Å². The van der Waals surface area contributed by atoms with Gasteiger partial charge < -0.3 is 10.2 Å². The molecule has 130 valence electrons. The minimum atomic E-state index is -0.889. The number of halogens is 1. The van der Waals surface area contributed by atoms with E-state index in [4.69, 9.17) is 11.6 Å². The van der Waals surface area contributed by atoms with E-state index < -0.39 is 16.7 Å². The molecule has 0 bridgehead atoms. The first kappa shape index (κ1) is 18.4. The van der Waals surface area contributed by atoms with E-state index in [0.717, 1.165) is 11.6 Å². The van der Waals surface area contributed by atoms with Crippen molar-refractivity contribution in [3.63, 3.8) is 0 Å². The zero-order valence-corrected chi connectivity index (χ0v) is 14.4. The molecule has 0 spiro atoms. The van der Waals surface area contributed by atoms with Crippen LogP contribution in [0.25, 0.3) is 0 Å². The summed E-state index contributed by atoms with van der Waals surface area (Å²) in [6.07, 6.45) is 0. The quantitative estimate of drug-likeness (QED) is 0.512. The van der Waals surface area contributed by atoms with Gasteiger partial charge in [0.15, 0.2) is 0 Å². The topological polar surface area (TPSA) is 92.6 Å². The van der Waals surface area contributed by atoms with Crippen molar-refractivity contribution in [2.24, 2.45) is 0 Å². The molecular formula is C17H16ClN3O4. The van der Waals surface area contributed by atoms with E-state index in [1.54, 1.807) is 25.1 Å². The van der Waals surface area contributed by atoms with E-state index in [1.807, 2.05) is 13.0 Å². The van der Waals surface area contributed by atoms with Gasteiger partial charge in [-0.25, -0.2) is 0 Å². The molecule has 0 radical (unpaired) electrons. The number of nitro groups is 1. The average molecular weight is 362 g/mol. The summed E-state index contributed by atoms with van der Waals surface area (Å²) in [5.41, 5.74) is 1.33. The van der Waals surface area contributed by atoms with E-state index in [1.165, 1.54) is 17.0 Å². The highest BCUT2D eigenvalue weighted by Crippen LogP contribution is 2.27. The Morgan fingerprint density at radius 2 is 1.96 bits per heavy atom. The van der Waals surface area contributed by atoms with E-state index in [-0.39, 0.29) is 16.4 Å². The van der Waals surface area contributed by atoms with Gasteiger partial charge in [0, 0.05) is 24.0 Å². The predicted molar refractivity (Wildman–Crippen MR) is 95.9 cm³/mol. The number of nitrogens with one attached hydrogen (secondary N) is 1. The van der Waals surface area contributed by atoms with E-state index >= 15 is 0 Å². The first-order valence-electron chi connectivity index (χ1n) is 7.47. The minimum absolute atomic E-state index is 0.0516. The summed E-state index contributed by atoms with van der Waals surface area (Å²) in [5, 5.41) is 13.2. The molecule has 0 fully saturated rings. The molecule has 1 N–H and O–H groups in total. The number of aryl methyl sites for hydroxylation is 1. The van der Waals surface area contributed by atoms with Gasteiger partial charge in [0.05, 0.1) is 4.92 Å². The fourth-order valence-electron chi connectivity index (χ4n) is 2.28. The summed E-state index contributed by atoms with van der Waals surface area (Å²) >= 11 is 5.73. The summed E-state index contributed by atoms with van der Waals surface area (Å²) < 4.78 is 0. The number of nitrogens with zero attached hydrogens (tertiary/aromatic N) is 2. The smallest absolute Gasteiger partial charge is 0.316 e. The first-order chi connectivity index (χ1) is 11.8. The van der Waals surface area contributed by atoms with Gasteiger partial charge in [-0.2, -0.15) is 0 Å². The van der Waals surface area contributed by atoms with Crippen molar-refractivity contribution in [1.82, 2.24) is 0 Å². The van der Waals surface area contributed by atoms with Crippen LogP contribution in [0.5, 0.6) is 0 Å². The second kappa shape index (κ2) is 7.76.